The molecule has 0 unspecified atom stereocenters. The fourth-order valence-corrected chi connectivity index (χ4v) is 6.91. The van der Waals surface area contributed by atoms with Crippen LogP contribution in [-0.2, 0) is 21.4 Å². The maximum atomic E-state index is 12.8. The average Bonchev–Trinajstić information content (AvgIpc) is 3.35. The van der Waals surface area contributed by atoms with Crippen molar-refractivity contribution in [3.8, 4) is 0 Å². The van der Waals surface area contributed by atoms with Gasteiger partial charge in [-0.05, 0) is 50.3 Å². The summed E-state index contributed by atoms with van der Waals surface area (Å²) in [6.07, 6.45) is 3.83. The quantitative estimate of drug-likeness (QED) is 0.712. The summed E-state index contributed by atoms with van der Waals surface area (Å²) in [5, 5.41) is 5.69. The predicted molar refractivity (Wildman–Crippen MR) is 129 cm³/mol. The van der Waals surface area contributed by atoms with Crippen molar-refractivity contribution in [1.29, 1.82) is 0 Å². The van der Waals surface area contributed by atoms with Gasteiger partial charge in [0.15, 0.2) is 11.0 Å². The van der Waals surface area contributed by atoms with Gasteiger partial charge in [0.05, 0.1) is 5.69 Å². The molecule has 5 rings (SSSR count). The molecule has 1 atom stereocenters. The lowest BCUT2D eigenvalue weighted by molar-refractivity contribution is -0.120. The first-order chi connectivity index (χ1) is 15.9. The Balaban J connectivity index is 1.16. The topological polar surface area (TPSA) is 95.0 Å². The largest absolute Gasteiger partial charge is 0.355 e. The molecule has 3 aliphatic heterocycles. The fourth-order valence-electron chi connectivity index (χ4n) is 4.97. The molecule has 1 N–H and O–H groups in total. The van der Waals surface area contributed by atoms with E-state index in [1.807, 2.05) is 16.3 Å². The first kappa shape index (κ1) is 22.5. The third-order valence-electron chi connectivity index (χ3n) is 6.69. The minimum absolute atomic E-state index is 0.0106. The second-order valence-electron chi connectivity index (χ2n) is 9.26. The van der Waals surface area contributed by atoms with Crippen molar-refractivity contribution in [1.82, 2.24) is 14.8 Å². The lowest BCUT2D eigenvalue weighted by Crippen LogP contribution is -2.41. The number of amides is 1. The van der Waals surface area contributed by atoms with Crippen LogP contribution in [0.2, 0.25) is 0 Å². The Morgan fingerprint density at radius 2 is 1.97 bits per heavy atom. The molecule has 0 aliphatic carbocycles. The molecule has 1 aromatic carbocycles. The normalized spacial score (nSPS) is 23.2. The van der Waals surface area contributed by atoms with Gasteiger partial charge in [0, 0.05) is 43.0 Å². The summed E-state index contributed by atoms with van der Waals surface area (Å²) < 4.78 is 28.7. The molecular formula is C23H29N5O3S2. The van der Waals surface area contributed by atoms with Crippen molar-refractivity contribution >= 4 is 38.2 Å². The molecule has 10 heteroatoms. The van der Waals surface area contributed by atoms with Crippen molar-refractivity contribution in [3.63, 3.8) is 0 Å². The number of amidine groups is 1. The maximum absolute atomic E-state index is 12.8. The van der Waals surface area contributed by atoms with E-state index in [9.17, 15) is 13.2 Å². The number of benzene rings is 1. The van der Waals surface area contributed by atoms with Gasteiger partial charge in [0.1, 0.15) is 4.90 Å². The summed E-state index contributed by atoms with van der Waals surface area (Å²) in [7, 11) is -3.63. The van der Waals surface area contributed by atoms with Crippen LogP contribution >= 0.6 is 11.3 Å². The van der Waals surface area contributed by atoms with Crippen LogP contribution in [0.3, 0.4) is 0 Å². The number of anilines is 1. The Morgan fingerprint density at radius 1 is 1.18 bits per heavy atom. The Bertz CT molecular complexity index is 1170. The first-order valence-corrected chi connectivity index (χ1v) is 13.9. The van der Waals surface area contributed by atoms with E-state index in [1.165, 1.54) is 24.2 Å². The minimum atomic E-state index is -3.63. The van der Waals surface area contributed by atoms with E-state index in [0.717, 1.165) is 31.2 Å². The minimum Gasteiger partial charge on any atom is -0.355 e. The van der Waals surface area contributed by atoms with Crippen LogP contribution < -0.4 is 5.32 Å². The molecule has 8 nitrogen and oxygen atoms in total. The van der Waals surface area contributed by atoms with Gasteiger partial charge < -0.3 is 10.2 Å². The Hall–Kier alpha value is -2.30. The Labute approximate surface area is 198 Å². The molecule has 2 fully saturated rings. The Kier molecular flexibility index (Phi) is 6.24. The molecule has 3 aliphatic rings. The van der Waals surface area contributed by atoms with Gasteiger partial charge >= 0.3 is 0 Å². The standard InChI is InChI=1S/C23H29N5O3S2/c1-16-5-4-10-27(13-16)14-18-15-32-23(24-18)25-22(29)17-8-11-28(12-9-17)21-19-6-2-3-7-20(19)33(30,31)26-21/h2-3,6-7,15-17H,4-5,8-14H2,1H3,(H,24,25,29)/t16-/m0/s1. The van der Waals surface area contributed by atoms with Crippen molar-refractivity contribution in [2.75, 3.05) is 31.5 Å². The zero-order chi connectivity index (χ0) is 23.0. The second-order valence-corrected chi connectivity index (χ2v) is 11.7. The van der Waals surface area contributed by atoms with Gasteiger partial charge in [-0.1, -0.05) is 19.1 Å². The number of sulfonamides is 1. The van der Waals surface area contributed by atoms with E-state index in [0.29, 0.717) is 42.5 Å². The highest BCUT2D eigenvalue weighted by molar-refractivity contribution is 7.90. The molecule has 176 valence electrons. The van der Waals surface area contributed by atoms with Crippen LogP contribution in [0.5, 0.6) is 0 Å². The van der Waals surface area contributed by atoms with Crippen LogP contribution in [-0.4, -0.2) is 61.1 Å². The van der Waals surface area contributed by atoms with Crippen LogP contribution in [0.4, 0.5) is 5.13 Å². The molecular weight excluding hydrogens is 458 g/mol. The maximum Gasteiger partial charge on any atom is 0.285 e. The molecule has 2 aromatic rings. The number of fused-ring (bicyclic) bond motifs is 1. The smallest absolute Gasteiger partial charge is 0.285 e. The van der Waals surface area contributed by atoms with E-state index in [-0.39, 0.29) is 16.7 Å². The van der Waals surface area contributed by atoms with Crippen molar-refractivity contribution in [2.45, 2.75) is 44.0 Å². The third-order valence-corrected chi connectivity index (χ3v) is 8.82. The number of thiazole rings is 1. The number of likely N-dealkylation sites (tertiary alicyclic amines) is 2. The fraction of sp³-hybridized carbons (Fsp3) is 0.522. The average molecular weight is 488 g/mol. The number of carbonyl (C=O) groups excluding carboxylic acids is 1. The zero-order valence-electron chi connectivity index (χ0n) is 18.7. The number of hydrogen-bond donors (Lipinski definition) is 1. The highest BCUT2D eigenvalue weighted by Gasteiger charge is 2.34. The molecule has 2 saturated heterocycles. The van der Waals surface area contributed by atoms with Crippen molar-refractivity contribution in [3.05, 3.63) is 40.9 Å². The molecule has 0 radical (unpaired) electrons. The number of rotatable bonds is 4. The predicted octanol–water partition coefficient (Wildman–Crippen LogP) is 3.17. The van der Waals surface area contributed by atoms with Gasteiger partial charge in [-0.2, -0.15) is 8.42 Å². The van der Waals surface area contributed by atoms with E-state index < -0.39 is 10.0 Å². The van der Waals surface area contributed by atoms with E-state index in [1.54, 1.807) is 18.2 Å². The van der Waals surface area contributed by atoms with Crippen LogP contribution in [0.25, 0.3) is 0 Å². The van der Waals surface area contributed by atoms with Crippen molar-refractivity contribution in [2.24, 2.45) is 16.2 Å². The van der Waals surface area contributed by atoms with Gasteiger partial charge in [-0.15, -0.1) is 15.7 Å². The molecule has 4 heterocycles. The SMILES string of the molecule is C[C@H]1CCCN(Cc2csc(NC(=O)C3CCN(C4=NS(=O)(=O)c5ccccc54)CC3)n2)C1. The summed E-state index contributed by atoms with van der Waals surface area (Å²) in [6, 6.07) is 6.92. The molecule has 0 saturated carbocycles. The first-order valence-electron chi connectivity index (χ1n) is 11.6. The summed E-state index contributed by atoms with van der Waals surface area (Å²) >= 11 is 1.48. The van der Waals surface area contributed by atoms with Crippen LogP contribution in [0.15, 0.2) is 38.9 Å². The van der Waals surface area contributed by atoms with Crippen molar-refractivity contribution < 1.29 is 13.2 Å². The van der Waals surface area contributed by atoms with Gasteiger partial charge in [0.2, 0.25) is 5.91 Å². The number of piperidine rings is 2. The Morgan fingerprint density at radius 3 is 2.76 bits per heavy atom. The second kappa shape index (κ2) is 9.15. The molecule has 0 spiro atoms. The van der Waals surface area contributed by atoms with E-state index >= 15 is 0 Å². The van der Waals surface area contributed by atoms with E-state index in [4.69, 9.17) is 0 Å². The van der Waals surface area contributed by atoms with E-state index in [2.05, 4.69) is 26.5 Å². The van der Waals surface area contributed by atoms with Crippen LogP contribution in [0, 0.1) is 11.8 Å². The summed E-state index contributed by atoms with van der Waals surface area (Å²) in [6.45, 7) is 6.53. The summed E-state index contributed by atoms with van der Waals surface area (Å²) in [5.41, 5.74) is 1.66. The third kappa shape index (κ3) is 4.83. The lowest BCUT2D eigenvalue weighted by atomic mass is 9.95. The summed E-state index contributed by atoms with van der Waals surface area (Å²) in [4.78, 5) is 22.2. The highest BCUT2D eigenvalue weighted by atomic mass is 32.2. The zero-order valence-corrected chi connectivity index (χ0v) is 20.4. The molecule has 1 amide bonds. The number of aromatic nitrogens is 1. The highest BCUT2D eigenvalue weighted by Crippen LogP contribution is 2.30. The van der Waals surface area contributed by atoms with Gasteiger partial charge in [0.25, 0.3) is 10.0 Å². The summed E-state index contributed by atoms with van der Waals surface area (Å²) in [5.74, 6) is 1.10. The monoisotopic (exact) mass is 487 g/mol. The van der Waals surface area contributed by atoms with Gasteiger partial charge in [-0.3, -0.25) is 9.69 Å². The lowest BCUT2D eigenvalue weighted by Gasteiger charge is -2.32. The number of hydrogen-bond acceptors (Lipinski definition) is 7. The van der Waals surface area contributed by atoms with Gasteiger partial charge in [-0.25, -0.2) is 4.98 Å². The molecule has 33 heavy (non-hydrogen) atoms. The molecule has 1 aromatic heterocycles. The number of carbonyl (C=O) groups is 1. The number of nitrogens with one attached hydrogen (secondary N) is 1. The molecule has 0 bridgehead atoms. The van der Waals surface area contributed by atoms with Crippen LogP contribution in [0.1, 0.15) is 43.9 Å². The number of nitrogens with zero attached hydrogens (tertiary/aromatic N) is 4.